The minimum atomic E-state index is -0.555. The second kappa shape index (κ2) is 6.16. The van der Waals surface area contributed by atoms with Gasteiger partial charge in [-0.15, -0.1) is 0 Å². The highest BCUT2D eigenvalue weighted by Gasteiger charge is 2.13. The molecule has 0 saturated carbocycles. The molecule has 0 saturated heterocycles. The number of hydrogen-bond donors (Lipinski definition) is 3. The maximum absolute atomic E-state index is 11.2. The number of hydrogen-bond acceptors (Lipinski definition) is 4. The van der Waals surface area contributed by atoms with Crippen LogP contribution in [0.25, 0.3) is 0 Å². The van der Waals surface area contributed by atoms with Crippen molar-refractivity contribution in [3.8, 4) is 0 Å². The van der Waals surface area contributed by atoms with Crippen molar-refractivity contribution in [2.24, 2.45) is 0 Å². The van der Waals surface area contributed by atoms with Crippen molar-refractivity contribution in [1.82, 2.24) is 5.32 Å². The maximum atomic E-state index is 11.2. The van der Waals surface area contributed by atoms with E-state index in [4.69, 9.17) is 5.11 Å². The molecular weight excluding hydrogens is 294 g/mol. The van der Waals surface area contributed by atoms with Gasteiger partial charge in [-0.2, -0.15) is 0 Å². The molecule has 0 bridgehead atoms. The topological polar surface area (TPSA) is 104 Å². The van der Waals surface area contributed by atoms with Gasteiger partial charge in [0.1, 0.15) is 0 Å². The molecule has 7 nitrogen and oxygen atoms in total. The van der Waals surface area contributed by atoms with E-state index in [-0.39, 0.29) is 18.8 Å². The van der Waals surface area contributed by atoms with Crippen LogP contribution in [0.5, 0.6) is 0 Å². The van der Waals surface area contributed by atoms with Crippen LogP contribution < -0.4 is 10.6 Å². The third-order valence-electron chi connectivity index (χ3n) is 1.80. The summed E-state index contributed by atoms with van der Waals surface area (Å²) in [4.78, 5) is 21.3. The highest BCUT2D eigenvalue weighted by atomic mass is 79.9. The molecule has 92 valence electrons. The van der Waals surface area contributed by atoms with Gasteiger partial charge in [0.25, 0.3) is 5.69 Å². The van der Waals surface area contributed by atoms with Gasteiger partial charge >= 0.3 is 6.03 Å². The number of amides is 2. The third-order valence-corrected chi connectivity index (χ3v) is 2.47. The summed E-state index contributed by atoms with van der Waals surface area (Å²) < 4.78 is 0.337. The maximum Gasteiger partial charge on any atom is 0.319 e. The standard InChI is InChI=1S/C9H10BrN3O4/c10-7-2-1-6(5-8(7)13(16)17)12-9(15)11-3-4-14/h1-2,5,14H,3-4H2,(H2,11,12,15). The zero-order chi connectivity index (χ0) is 12.8. The quantitative estimate of drug-likeness (QED) is 0.578. The van der Waals surface area contributed by atoms with E-state index >= 15 is 0 Å². The predicted molar refractivity (Wildman–Crippen MR) is 64.9 cm³/mol. The Hall–Kier alpha value is -1.67. The Morgan fingerprint density at radius 1 is 1.53 bits per heavy atom. The van der Waals surface area contributed by atoms with Crippen molar-refractivity contribution < 1.29 is 14.8 Å². The molecule has 1 aromatic rings. The first-order valence-electron chi connectivity index (χ1n) is 4.64. The number of halogens is 1. The van der Waals surface area contributed by atoms with E-state index in [2.05, 4.69) is 26.6 Å². The second-order valence-corrected chi connectivity index (χ2v) is 3.88. The number of carbonyl (C=O) groups excluding carboxylic acids is 1. The van der Waals surface area contributed by atoms with Gasteiger partial charge in [-0.05, 0) is 28.1 Å². The van der Waals surface area contributed by atoms with Gasteiger partial charge in [0.2, 0.25) is 0 Å². The molecule has 1 aromatic carbocycles. The fraction of sp³-hybridized carbons (Fsp3) is 0.222. The Balaban J connectivity index is 2.75. The minimum absolute atomic E-state index is 0.116. The van der Waals surface area contributed by atoms with Crippen LogP contribution in [0.15, 0.2) is 22.7 Å². The summed E-state index contributed by atoms with van der Waals surface area (Å²) in [7, 11) is 0. The average molecular weight is 304 g/mol. The lowest BCUT2D eigenvalue weighted by Gasteiger charge is -2.06. The van der Waals surface area contributed by atoms with Crippen LogP contribution in [0.2, 0.25) is 0 Å². The van der Waals surface area contributed by atoms with Crippen molar-refractivity contribution in [3.05, 3.63) is 32.8 Å². The lowest BCUT2D eigenvalue weighted by molar-refractivity contribution is -0.385. The van der Waals surface area contributed by atoms with Crippen molar-refractivity contribution in [3.63, 3.8) is 0 Å². The molecule has 17 heavy (non-hydrogen) atoms. The van der Waals surface area contributed by atoms with E-state index in [1.807, 2.05) is 0 Å². The van der Waals surface area contributed by atoms with Gasteiger partial charge in [0.15, 0.2) is 0 Å². The third kappa shape index (κ3) is 4.00. The molecule has 0 heterocycles. The predicted octanol–water partition coefficient (Wildman–Crippen LogP) is 1.47. The number of rotatable bonds is 4. The van der Waals surface area contributed by atoms with E-state index < -0.39 is 11.0 Å². The average Bonchev–Trinajstić information content (AvgIpc) is 2.28. The molecule has 0 spiro atoms. The van der Waals surface area contributed by atoms with Gasteiger partial charge < -0.3 is 15.7 Å². The Bertz CT molecular complexity index is 438. The van der Waals surface area contributed by atoms with Crippen molar-refractivity contribution in [1.29, 1.82) is 0 Å². The number of anilines is 1. The molecule has 8 heteroatoms. The normalized spacial score (nSPS) is 9.76. The number of aliphatic hydroxyl groups is 1. The highest BCUT2D eigenvalue weighted by Crippen LogP contribution is 2.27. The molecular formula is C9H10BrN3O4. The number of nitro groups is 1. The first-order valence-corrected chi connectivity index (χ1v) is 5.43. The van der Waals surface area contributed by atoms with E-state index in [1.165, 1.54) is 18.2 Å². The van der Waals surface area contributed by atoms with Gasteiger partial charge in [-0.3, -0.25) is 10.1 Å². The molecule has 0 aliphatic rings. The number of nitrogens with one attached hydrogen (secondary N) is 2. The molecule has 0 fully saturated rings. The number of aliphatic hydroxyl groups excluding tert-OH is 1. The molecule has 0 atom stereocenters. The van der Waals surface area contributed by atoms with Crippen LogP contribution >= 0.6 is 15.9 Å². The molecule has 2 amide bonds. The van der Waals surface area contributed by atoms with Crippen LogP contribution in [0, 0.1) is 10.1 Å². The summed E-state index contributed by atoms with van der Waals surface area (Å²) in [5.74, 6) is 0. The summed E-state index contributed by atoms with van der Waals surface area (Å²) in [6.07, 6.45) is 0. The van der Waals surface area contributed by atoms with Gasteiger partial charge in [0.05, 0.1) is 16.0 Å². The molecule has 0 aromatic heterocycles. The zero-order valence-corrected chi connectivity index (χ0v) is 10.2. The molecule has 1 rings (SSSR count). The Labute approximate surface area is 105 Å². The molecule has 0 aliphatic heterocycles. The molecule has 0 radical (unpaired) electrons. The SMILES string of the molecule is O=C(NCCO)Nc1ccc(Br)c([N+](=O)[O-])c1. The Kier molecular flexibility index (Phi) is 4.85. The first-order chi connectivity index (χ1) is 8.04. The molecule has 0 aliphatic carbocycles. The smallest absolute Gasteiger partial charge is 0.319 e. The Morgan fingerprint density at radius 2 is 2.24 bits per heavy atom. The van der Waals surface area contributed by atoms with E-state index in [9.17, 15) is 14.9 Å². The summed E-state index contributed by atoms with van der Waals surface area (Å²) in [6, 6.07) is 3.70. The monoisotopic (exact) mass is 303 g/mol. The van der Waals surface area contributed by atoms with E-state index in [1.54, 1.807) is 0 Å². The molecule has 0 unspecified atom stereocenters. The van der Waals surface area contributed by atoms with Crippen LogP contribution in [0.4, 0.5) is 16.2 Å². The fourth-order valence-electron chi connectivity index (χ4n) is 1.08. The fourth-order valence-corrected chi connectivity index (χ4v) is 1.47. The van der Waals surface area contributed by atoms with Crippen LogP contribution in [0.3, 0.4) is 0 Å². The number of nitrogens with zero attached hydrogens (tertiary/aromatic N) is 1. The van der Waals surface area contributed by atoms with E-state index in [0.717, 1.165) is 0 Å². The summed E-state index contributed by atoms with van der Waals surface area (Å²) in [5, 5.41) is 23.9. The van der Waals surface area contributed by atoms with Gasteiger partial charge in [0, 0.05) is 18.3 Å². The largest absolute Gasteiger partial charge is 0.395 e. The summed E-state index contributed by atoms with van der Waals surface area (Å²) >= 11 is 3.04. The highest BCUT2D eigenvalue weighted by molar-refractivity contribution is 9.10. The van der Waals surface area contributed by atoms with Crippen LogP contribution in [0.1, 0.15) is 0 Å². The van der Waals surface area contributed by atoms with Gasteiger partial charge in [-0.1, -0.05) is 0 Å². The van der Waals surface area contributed by atoms with Crippen molar-refractivity contribution >= 4 is 33.3 Å². The van der Waals surface area contributed by atoms with Crippen LogP contribution in [-0.4, -0.2) is 29.2 Å². The first kappa shape index (κ1) is 13.4. The van der Waals surface area contributed by atoms with Crippen molar-refractivity contribution in [2.75, 3.05) is 18.5 Å². The lowest BCUT2D eigenvalue weighted by atomic mass is 10.3. The summed E-state index contributed by atoms with van der Waals surface area (Å²) in [6.45, 7) is -0.0572. The number of nitro benzene ring substituents is 1. The van der Waals surface area contributed by atoms with Gasteiger partial charge in [-0.25, -0.2) is 4.79 Å². The minimum Gasteiger partial charge on any atom is -0.395 e. The van der Waals surface area contributed by atoms with E-state index in [0.29, 0.717) is 10.2 Å². The molecule has 3 N–H and O–H groups in total. The number of urea groups is 1. The van der Waals surface area contributed by atoms with Crippen LogP contribution in [-0.2, 0) is 0 Å². The number of benzene rings is 1. The lowest BCUT2D eigenvalue weighted by Crippen LogP contribution is -2.30. The zero-order valence-electron chi connectivity index (χ0n) is 8.64. The van der Waals surface area contributed by atoms with Crippen molar-refractivity contribution in [2.45, 2.75) is 0 Å². The Morgan fingerprint density at radius 3 is 2.82 bits per heavy atom. The second-order valence-electron chi connectivity index (χ2n) is 3.03. The number of carbonyl (C=O) groups is 1. The summed E-state index contributed by atoms with van der Waals surface area (Å²) in [5.41, 5.74) is 0.167.